The molecule has 0 aromatic heterocycles. The predicted octanol–water partition coefficient (Wildman–Crippen LogP) is 3.33. The molecule has 0 unspecified atom stereocenters. The molecule has 17 heteroatoms. The van der Waals surface area contributed by atoms with E-state index in [4.69, 9.17) is 9.47 Å². The SMILES string of the molecule is CC(C)(C)OC(=O)N[C@@H]1CCCCCC=C[C@@H]2C[C@@]2(C(=O)NS(=O)(=O)C2CC2)NC(=O)[C@@H]2C[C@@H](OC(=O)N3CCc4c(F)ccc(F)c4C3)CN2C1=O. The number of benzene rings is 1. The number of nitrogens with zero attached hydrogens (tertiary/aromatic N) is 2. The van der Waals surface area contributed by atoms with Crippen LogP contribution >= 0.6 is 0 Å². The molecule has 3 N–H and O–H groups in total. The van der Waals surface area contributed by atoms with Crippen molar-refractivity contribution < 1.29 is 50.6 Å². The van der Waals surface area contributed by atoms with E-state index >= 15 is 0 Å². The summed E-state index contributed by atoms with van der Waals surface area (Å²) in [7, 11) is -3.94. The molecule has 3 aliphatic heterocycles. The zero-order valence-corrected chi connectivity index (χ0v) is 30.9. The highest BCUT2D eigenvalue weighted by Crippen LogP contribution is 2.46. The van der Waals surface area contributed by atoms with E-state index in [0.29, 0.717) is 32.1 Å². The molecule has 1 saturated heterocycles. The third-order valence-electron chi connectivity index (χ3n) is 10.4. The third kappa shape index (κ3) is 8.76. The first-order chi connectivity index (χ1) is 25.0. The number of fused-ring (bicyclic) bond motifs is 3. The average molecular weight is 764 g/mol. The maximum absolute atomic E-state index is 14.6. The Balaban J connectivity index is 1.25. The molecule has 6 rings (SSSR count). The number of allylic oxidation sites excluding steroid dienone is 1. The molecule has 290 valence electrons. The molecule has 5 aliphatic rings. The minimum Gasteiger partial charge on any atom is -0.444 e. The van der Waals surface area contributed by atoms with Gasteiger partial charge in [0.1, 0.15) is 41.0 Å². The molecular weight excluding hydrogens is 716 g/mol. The second-order valence-corrected chi connectivity index (χ2v) is 17.6. The van der Waals surface area contributed by atoms with Crippen molar-refractivity contribution in [3.63, 3.8) is 0 Å². The van der Waals surface area contributed by atoms with Crippen LogP contribution in [0.5, 0.6) is 0 Å². The fourth-order valence-electron chi connectivity index (χ4n) is 7.26. The number of halogens is 2. The number of nitrogens with one attached hydrogen (secondary N) is 3. The van der Waals surface area contributed by atoms with Crippen molar-refractivity contribution in [1.82, 2.24) is 25.2 Å². The molecule has 3 fully saturated rings. The monoisotopic (exact) mass is 763 g/mol. The van der Waals surface area contributed by atoms with Crippen LogP contribution in [0.25, 0.3) is 0 Å². The van der Waals surface area contributed by atoms with Gasteiger partial charge in [0.25, 0.3) is 5.91 Å². The van der Waals surface area contributed by atoms with Gasteiger partial charge in [-0.25, -0.2) is 26.8 Å². The van der Waals surface area contributed by atoms with Crippen LogP contribution in [0.15, 0.2) is 24.3 Å². The van der Waals surface area contributed by atoms with Crippen LogP contribution in [-0.4, -0.2) is 95.8 Å². The predicted molar refractivity (Wildman–Crippen MR) is 185 cm³/mol. The number of ether oxygens (including phenoxy) is 2. The molecule has 5 amide bonds. The summed E-state index contributed by atoms with van der Waals surface area (Å²) in [5.74, 6) is -3.99. The molecule has 0 radical (unpaired) electrons. The van der Waals surface area contributed by atoms with Gasteiger partial charge in [0.15, 0.2) is 0 Å². The molecular formula is C36H47F2N5O9S. The molecule has 3 heterocycles. The number of carbonyl (C=O) groups is 5. The van der Waals surface area contributed by atoms with Crippen molar-refractivity contribution in [3.8, 4) is 0 Å². The van der Waals surface area contributed by atoms with Crippen LogP contribution in [0.4, 0.5) is 18.4 Å². The van der Waals surface area contributed by atoms with Crippen molar-refractivity contribution in [2.75, 3.05) is 13.1 Å². The topological polar surface area (TPSA) is 181 Å². The van der Waals surface area contributed by atoms with Crippen molar-refractivity contribution in [2.45, 2.75) is 126 Å². The Labute approximate surface area is 307 Å². The van der Waals surface area contributed by atoms with Gasteiger partial charge in [0, 0.05) is 24.4 Å². The van der Waals surface area contributed by atoms with Crippen molar-refractivity contribution in [2.24, 2.45) is 5.92 Å². The zero-order chi connectivity index (χ0) is 38.3. The summed E-state index contributed by atoms with van der Waals surface area (Å²) in [5.41, 5.74) is -2.23. The van der Waals surface area contributed by atoms with Crippen LogP contribution in [0.1, 0.15) is 89.7 Å². The van der Waals surface area contributed by atoms with Crippen LogP contribution in [0.2, 0.25) is 0 Å². The van der Waals surface area contributed by atoms with E-state index in [1.165, 1.54) is 9.80 Å². The first-order valence-corrected chi connectivity index (χ1v) is 19.8. The highest BCUT2D eigenvalue weighted by molar-refractivity contribution is 7.91. The van der Waals surface area contributed by atoms with Gasteiger partial charge in [0.05, 0.1) is 18.3 Å². The molecule has 2 saturated carbocycles. The van der Waals surface area contributed by atoms with Gasteiger partial charge in [-0.2, -0.15) is 0 Å². The van der Waals surface area contributed by atoms with Crippen LogP contribution in [-0.2, 0) is 46.8 Å². The van der Waals surface area contributed by atoms with E-state index < -0.39 is 92.1 Å². The van der Waals surface area contributed by atoms with Gasteiger partial charge in [-0.15, -0.1) is 0 Å². The summed E-state index contributed by atoms with van der Waals surface area (Å²) in [5, 5.41) is 4.73. The fourth-order valence-corrected chi connectivity index (χ4v) is 8.63. The van der Waals surface area contributed by atoms with Crippen LogP contribution in [0, 0.1) is 17.6 Å². The number of alkyl carbamates (subject to hydrolysis) is 1. The molecule has 2 aliphatic carbocycles. The maximum Gasteiger partial charge on any atom is 0.410 e. The number of amides is 5. The van der Waals surface area contributed by atoms with E-state index in [2.05, 4.69) is 15.4 Å². The Morgan fingerprint density at radius 1 is 1.02 bits per heavy atom. The molecule has 53 heavy (non-hydrogen) atoms. The number of hydrogen-bond acceptors (Lipinski definition) is 9. The van der Waals surface area contributed by atoms with Crippen LogP contribution < -0.4 is 15.4 Å². The summed E-state index contributed by atoms with van der Waals surface area (Å²) in [6.07, 6.45) is 4.69. The lowest BCUT2D eigenvalue weighted by atomic mass is 9.99. The van der Waals surface area contributed by atoms with E-state index in [1.54, 1.807) is 26.8 Å². The largest absolute Gasteiger partial charge is 0.444 e. The summed E-state index contributed by atoms with van der Waals surface area (Å²) in [4.78, 5) is 70.8. The van der Waals surface area contributed by atoms with Gasteiger partial charge in [-0.3, -0.25) is 19.1 Å². The first-order valence-electron chi connectivity index (χ1n) is 18.2. The smallest absolute Gasteiger partial charge is 0.410 e. The Morgan fingerprint density at radius 3 is 2.43 bits per heavy atom. The maximum atomic E-state index is 14.6. The number of carbonyl (C=O) groups excluding carboxylic acids is 5. The lowest BCUT2D eigenvalue weighted by molar-refractivity contribution is -0.141. The molecule has 1 aromatic carbocycles. The minimum atomic E-state index is -3.94. The summed E-state index contributed by atoms with van der Waals surface area (Å²) < 4.78 is 67.8. The summed E-state index contributed by atoms with van der Waals surface area (Å²) in [6.45, 7) is 4.59. The number of sulfonamides is 1. The highest BCUT2D eigenvalue weighted by atomic mass is 32.2. The molecule has 0 spiro atoms. The second-order valence-electron chi connectivity index (χ2n) is 15.6. The molecule has 0 bridgehead atoms. The zero-order valence-electron chi connectivity index (χ0n) is 30.1. The lowest BCUT2D eigenvalue weighted by Gasteiger charge is -2.30. The van der Waals surface area contributed by atoms with Gasteiger partial charge in [-0.05, 0) is 83.4 Å². The fraction of sp³-hybridized carbons (Fsp3) is 0.639. The third-order valence-corrected chi connectivity index (χ3v) is 12.2. The normalized spacial score (nSPS) is 27.9. The van der Waals surface area contributed by atoms with Gasteiger partial charge in [0.2, 0.25) is 21.8 Å². The second kappa shape index (κ2) is 14.9. The number of hydrogen-bond donors (Lipinski definition) is 3. The van der Waals surface area contributed by atoms with E-state index in [-0.39, 0.29) is 56.4 Å². The van der Waals surface area contributed by atoms with Crippen molar-refractivity contribution in [3.05, 3.63) is 47.0 Å². The van der Waals surface area contributed by atoms with Gasteiger partial charge < -0.3 is 29.9 Å². The average Bonchev–Trinajstić information content (AvgIpc) is 4.01. The van der Waals surface area contributed by atoms with E-state index in [1.807, 2.05) is 6.08 Å². The van der Waals surface area contributed by atoms with E-state index in [0.717, 1.165) is 18.6 Å². The first kappa shape index (κ1) is 38.4. The van der Waals surface area contributed by atoms with Crippen molar-refractivity contribution in [1.29, 1.82) is 0 Å². The van der Waals surface area contributed by atoms with Gasteiger partial charge >= 0.3 is 12.2 Å². The van der Waals surface area contributed by atoms with E-state index in [9.17, 15) is 41.2 Å². The Hall–Kier alpha value is -4.28. The van der Waals surface area contributed by atoms with Gasteiger partial charge in [-0.1, -0.05) is 25.0 Å². The summed E-state index contributed by atoms with van der Waals surface area (Å²) >= 11 is 0. The standard InChI is InChI=1S/C36H47F2N5O9S/c1-35(2,3)52-33(47)39-28-10-8-6-4-5-7-9-21-18-36(21,32(46)41-53(49,50)23-11-12-23)40-30(44)29-17-22(19-43(29)31(28)45)51-34(48)42-16-15-24-25(20-42)27(38)14-13-26(24)37/h7,9,13-14,21-23,28-29H,4-6,8,10-12,15-20H2,1-3H3,(H,39,47)(H,40,44)(H,41,46)/t21-,22-,28-,29+,36-/m1/s1. The minimum absolute atomic E-state index is 0.0400. The van der Waals surface area contributed by atoms with Crippen molar-refractivity contribution >= 4 is 39.9 Å². The highest BCUT2D eigenvalue weighted by Gasteiger charge is 2.62. The quantitative estimate of drug-likeness (QED) is 0.380. The number of rotatable bonds is 5. The molecule has 1 aromatic rings. The van der Waals surface area contributed by atoms with Crippen LogP contribution in [0.3, 0.4) is 0 Å². The summed E-state index contributed by atoms with van der Waals surface area (Å²) in [6, 6.07) is -0.363. The Bertz CT molecular complexity index is 1800. The Kier molecular flexibility index (Phi) is 10.8. The molecule has 14 nitrogen and oxygen atoms in total. The lowest BCUT2D eigenvalue weighted by Crippen LogP contribution is -2.58. The molecule has 5 atom stereocenters. The Morgan fingerprint density at radius 2 is 1.74 bits per heavy atom.